The highest BCUT2D eigenvalue weighted by Gasteiger charge is 2.25. The Labute approximate surface area is 220 Å². The highest BCUT2D eigenvalue weighted by Crippen LogP contribution is 2.38. The zero-order chi connectivity index (χ0) is 26.0. The van der Waals surface area contributed by atoms with Crippen LogP contribution in [0.25, 0.3) is 0 Å². The lowest BCUT2D eigenvalue weighted by molar-refractivity contribution is -0.119. The number of hydrogen-bond donors (Lipinski definition) is 1. The van der Waals surface area contributed by atoms with Crippen molar-refractivity contribution >= 4 is 11.7 Å². The van der Waals surface area contributed by atoms with E-state index in [1.165, 1.54) is 25.9 Å². The Kier molecular flexibility index (Phi) is 9.83. The number of primary amides is 1. The summed E-state index contributed by atoms with van der Waals surface area (Å²) in [6.45, 7) is 4.57. The fourth-order valence-corrected chi connectivity index (χ4v) is 5.35. The number of unbranched alkanes of at least 4 members (excludes halogenated alkanes) is 2. The van der Waals surface area contributed by atoms with E-state index in [0.29, 0.717) is 43.8 Å². The van der Waals surface area contributed by atoms with E-state index in [0.717, 1.165) is 54.9 Å². The molecule has 1 unspecified atom stereocenters. The van der Waals surface area contributed by atoms with Crippen LogP contribution in [0, 0.1) is 0 Å². The fourth-order valence-electron chi connectivity index (χ4n) is 5.35. The smallest absolute Gasteiger partial charge is 0.224 e. The molecule has 2 heterocycles. The zero-order valence-corrected chi connectivity index (χ0v) is 22.0. The number of nitrogens with zero attached hydrogens (tertiary/aromatic N) is 1. The summed E-state index contributed by atoms with van der Waals surface area (Å²) < 4.78 is 16.8. The van der Waals surface area contributed by atoms with Gasteiger partial charge in [-0.2, -0.15) is 0 Å². The van der Waals surface area contributed by atoms with Crippen LogP contribution in [0.3, 0.4) is 0 Å². The maximum Gasteiger partial charge on any atom is 0.224 e. The van der Waals surface area contributed by atoms with Crippen LogP contribution in [-0.2, 0) is 11.2 Å². The first-order chi connectivity index (χ1) is 18.0. The predicted molar refractivity (Wildman–Crippen MR) is 144 cm³/mol. The van der Waals surface area contributed by atoms with Crippen LogP contribution in [0.1, 0.15) is 78.8 Å². The molecule has 1 fully saturated rings. The Bertz CT molecular complexity index is 1050. The van der Waals surface area contributed by atoms with Gasteiger partial charge in [-0.3, -0.25) is 9.59 Å². The Balaban J connectivity index is 1.37. The van der Waals surface area contributed by atoms with Crippen molar-refractivity contribution in [2.24, 2.45) is 5.73 Å². The number of nitrogens with two attached hydrogens (primary N) is 1. The average Bonchev–Trinajstić information content (AvgIpc) is 3.44. The first kappa shape index (κ1) is 27.0. The lowest BCUT2D eigenvalue weighted by Gasteiger charge is -2.24. The Morgan fingerprint density at radius 1 is 0.973 bits per heavy atom. The minimum absolute atomic E-state index is 0.0938. The number of methoxy groups -OCH3 is 1. The summed E-state index contributed by atoms with van der Waals surface area (Å²) in [5.41, 5.74) is 8.65. The number of ketones is 1. The van der Waals surface area contributed by atoms with Crippen molar-refractivity contribution in [2.45, 2.75) is 63.7 Å². The number of rotatable bonds is 14. The molecule has 0 aliphatic carbocycles. The van der Waals surface area contributed by atoms with Gasteiger partial charge in [0, 0.05) is 12.0 Å². The molecule has 37 heavy (non-hydrogen) atoms. The molecule has 1 saturated heterocycles. The third-order valence-electron chi connectivity index (χ3n) is 7.45. The lowest BCUT2D eigenvalue weighted by Crippen LogP contribution is -2.24. The molecule has 2 aromatic carbocycles. The SMILES string of the molecule is COc1ccc(C(=O)CCCCC(C(N)=O)c2cc3c(cc2CCCCN2CCCC2)OCCO3)cc1. The minimum atomic E-state index is -0.416. The fraction of sp³-hybridized carbons (Fsp3) is 0.533. The molecule has 1 amide bonds. The predicted octanol–water partition coefficient (Wildman–Crippen LogP) is 4.90. The van der Waals surface area contributed by atoms with Gasteiger partial charge in [0.2, 0.25) is 5.91 Å². The third-order valence-corrected chi connectivity index (χ3v) is 7.45. The summed E-state index contributed by atoms with van der Waals surface area (Å²) in [7, 11) is 1.60. The summed E-state index contributed by atoms with van der Waals surface area (Å²) >= 11 is 0. The molecular formula is C30H40N2O5. The van der Waals surface area contributed by atoms with E-state index >= 15 is 0 Å². The van der Waals surface area contributed by atoms with Gasteiger partial charge in [-0.1, -0.05) is 6.42 Å². The van der Waals surface area contributed by atoms with Gasteiger partial charge in [0.05, 0.1) is 13.0 Å². The number of hydrogen-bond acceptors (Lipinski definition) is 6. The third kappa shape index (κ3) is 7.48. The molecule has 0 radical (unpaired) electrons. The lowest BCUT2D eigenvalue weighted by atomic mass is 9.86. The van der Waals surface area contributed by atoms with Crippen molar-refractivity contribution in [3.8, 4) is 17.2 Å². The number of carbonyl (C=O) groups excluding carboxylic acids is 2. The summed E-state index contributed by atoms with van der Waals surface area (Å²) in [5.74, 6) is 1.50. The monoisotopic (exact) mass is 508 g/mol. The van der Waals surface area contributed by atoms with E-state index in [9.17, 15) is 9.59 Å². The quantitative estimate of drug-likeness (QED) is 0.288. The molecule has 2 N–H and O–H groups in total. The van der Waals surface area contributed by atoms with Gasteiger partial charge >= 0.3 is 0 Å². The largest absolute Gasteiger partial charge is 0.497 e. The molecule has 7 heteroatoms. The van der Waals surface area contributed by atoms with Gasteiger partial charge < -0.3 is 24.8 Å². The Morgan fingerprint density at radius 2 is 1.68 bits per heavy atom. The second-order valence-electron chi connectivity index (χ2n) is 10.1. The Morgan fingerprint density at radius 3 is 2.35 bits per heavy atom. The van der Waals surface area contributed by atoms with Crippen molar-refractivity contribution < 1.29 is 23.8 Å². The van der Waals surface area contributed by atoms with E-state index in [-0.39, 0.29) is 11.7 Å². The zero-order valence-electron chi connectivity index (χ0n) is 22.0. The van der Waals surface area contributed by atoms with Crippen LogP contribution >= 0.6 is 0 Å². The van der Waals surface area contributed by atoms with Crippen molar-refractivity contribution in [2.75, 3.05) is 40.0 Å². The number of amides is 1. The summed E-state index contributed by atoms with van der Waals surface area (Å²) in [4.78, 5) is 27.7. The maximum atomic E-state index is 12.6. The normalized spacial score (nSPS) is 15.9. The molecule has 4 rings (SSSR count). The van der Waals surface area contributed by atoms with E-state index in [4.69, 9.17) is 19.9 Å². The second kappa shape index (κ2) is 13.5. The molecule has 200 valence electrons. The van der Waals surface area contributed by atoms with Gasteiger partial charge in [-0.05, 0) is 112 Å². The average molecular weight is 509 g/mol. The molecule has 0 saturated carbocycles. The van der Waals surface area contributed by atoms with Crippen molar-refractivity contribution in [1.29, 1.82) is 0 Å². The van der Waals surface area contributed by atoms with E-state index in [1.54, 1.807) is 31.4 Å². The van der Waals surface area contributed by atoms with Crippen molar-refractivity contribution in [1.82, 2.24) is 4.90 Å². The van der Waals surface area contributed by atoms with Crippen LogP contribution in [0.4, 0.5) is 0 Å². The number of fused-ring (bicyclic) bond motifs is 1. The van der Waals surface area contributed by atoms with Crippen LogP contribution in [0.2, 0.25) is 0 Å². The molecule has 0 spiro atoms. The number of aryl methyl sites for hydroxylation is 1. The maximum absolute atomic E-state index is 12.6. The molecular weight excluding hydrogens is 468 g/mol. The molecule has 2 aliphatic heterocycles. The molecule has 2 aromatic rings. The molecule has 2 aliphatic rings. The van der Waals surface area contributed by atoms with E-state index < -0.39 is 5.92 Å². The van der Waals surface area contributed by atoms with Gasteiger partial charge in [0.25, 0.3) is 0 Å². The van der Waals surface area contributed by atoms with Gasteiger partial charge in [-0.15, -0.1) is 0 Å². The summed E-state index contributed by atoms with van der Waals surface area (Å²) in [6.07, 6.45) is 8.13. The first-order valence-electron chi connectivity index (χ1n) is 13.7. The highest BCUT2D eigenvalue weighted by atomic mass is 16.6. The number of likely N-dealkylation sites (tertiary alicyclic amines) is 1. The number of benzene rings is 2. The van der Waals surface area contributed by atoms with Crippen LogP contribution in [0.5, 0.6) is 17.2 Å². The number of Topliss-reactive ketones (excluding diaryl/α,β-unsaturated/α-hetero) is 1. The molecule has 0 aromatic heterocycles. The van der Waals surface area contributed by atoms with Crippen LogP contribution in [-0.4, -0.2) is 56.5 Å². The van der Waals surface area contributed by atoms with Gasteiger partial charge in [-0.25, -0.2) is 0 Å². The van der Waals surface area contributed by atoms with Crippen molar-refractivity contribution in [3.63, 3.8) is 0 Å². The first-order valence-corrected chi connectivity index (χ1v) is 13.7. The number of ether oxygens (including phenoxy) is 3. The van der Waals surface area contributed by atoms with Crippen molar-refractivity contribution in [3.05, 3.63) is 53.1 Å². The standard InChI is InChI=1S/C30H40N2O5/c1-35-24-13-11-22(12-14-24)27(33)10-3-2-9-25(30(31)34)26-21-29-28(36-18-19-37-29)20-23(26)8-4-5-15-32-16-6-7-17-32/h11-14,20-21,25H,2-10,15-19H2,1H3,(H2,31,34). The highest BCUT2D eigenvalue weighted by molar-refractivity contribution is 5.96. The van der Waals surface area contributed by atoms with Gasteiger partial charge in [0.15, 0.2) is 17.3 Å². The topological polar surface area (TPSA) is 91.1 Å². The molecule has 7 nitrogen and oxygen atoms in total. The minimum Gasteiger partial charge on any atom is -0.497 e. The summed E-state index contributed by atoms with van der Waals surface area (Å²) in [6, 6.07) is 11.2. The second-order valence-corrected chi connectivity index (χ2v) is 10.1. The molecule has 0 bridgehead atoms. The van der Waals surface area contributed by atoms with Crippen LogP contribution < -0.4 is 19.9 Å². The van der Waals surface area contributed by atoms with E-state index in [1.807, 2.05) is 12.1 Å². The Hall–Kier alpha value is -3.06. The number of carbonyl (C=O) groups is 2. The molecule has 1 atom stereocenters. The van der Waals surface area contributed by atoms with E-state index in [2.05, 4.69) is 4.90 Å². The van der Waals surface area contributed by atoms with Gasteiger partial charge in [0.1, 0.15) is 19.0 Å². The summed E-state index contributed by atoms with van der Waals surface area (Å²) in [5, 5.41) is 0. The van der Waals surface area contributed by atoms with Crippen LogP contribution in [0.15, 0.2) is 36.4 Å².